The Morgan fingerprint density at radius 1 is 1.06 bits per heavy atom. The summed E-state index contributed by atoms with van der Waals surface area (Å²) in [6, 6.07) is 1.30. The third kappa shape index (κ3) is 2.45. The molecule has 18 heavy (non-hydrogen) atoms. The Balaban J connectivity index is 1.71. The van der Waals surface area contributed by atoms with Crippen molar-refractivity contribution in [2.24, 2.45) is 11.7 Å². The van der Waals surface area contributed by atoms with E-state index in [2.05, 4.69) is 4.90 Å². The number of nitrogens with zero attached hydrogens (tertiary/aromatic N) is 1. The van der Waals surface area contributed by atoms with Gasteiger partial charge in [0.2, 0.25) is 0 Å². The molecule has 3 nitrogen and oxygen atoms in total. The Morgan fingerprint density at radius 3 is 2.56 bits per heavy atom. The van der Waals surface area contributed by atoms with Crippen molar-refractivity contribution >= 4 is 0 Å². The molecule has 3 unspecified atom stereocenters. The fraction of sp³-hybridized carbons (Fsp3) is 1.00. The van der Waals surface area contributed by atoms with Gasteiger partial charge in [-0.2, -0.15) is 0 Å². The number of rotatable bonds is 3. The van der Waals surface area contributed by atoms with Crippen molar-refractivity contribution in [2.75, 3.05) is 19.7 Å². The Kier molecular flexibility index (Phi) is 4.22. The van der Waals surface area contributed by atoms with Crippen LogP contribution < -0.4 is 5.73 Å². The van der Waals surface area contributed by atoms with Gasteiger partial charge in [0.05, 0.1) is 12.7 Å². The van der Waals surface area contributed by atoms with Crippen LogP contribution in [-0.4, -0.2) is 42.8 Å². The first-order valence-corrected chi connectivity index (χ1v) is 7.97. The van der Waals surface area contributed by atoms with E-state index in [9.17, 15) is 0 Å². The fourth-order valence-corrected chi connectivity index (χ4v) is 4.48. The third-order valence-electron chi connectivity index (χ3n) is 5.39. The molecule has 3 fully saturated rings. The zero-order valence-electron chi connectivity index (χ0n) is 11.5. The highest BCUT2D eigenvalue weighted by molar-refractivity contribution is 4.94. The molecule has 2 saturated carbocycles. The summed E-state index contributed by atoms with van der Waals surface area (Å²) in [7, 11) is 0. The predicted molar refractivity (Wildman–Crippen MR) is 73.5 cm³/mol. The Morgan fingerprint density at radius 2 is 1.78 bits per heavy atom. The Hall–Kier alpha value is -0.120. The van der Waals surface area contributed by atoms with Crippen molar-refractivity contribution in [3.63, 3.8) is 0 Å². The zero-order valence-corrected chi connectivity index (χ0v) is 11.5. The zero-order chi connectivity index (χ0) is 12.4. The van der Waals surface area contributed by atoms with Crippen molar-refractivity contribution in [3.05, 3.63) is 0 Å². The van der Waals surface area contributed by atoms with Gasteiger partial charge in [0.25, 0.3) is 0 Å². The standard InChI is InChI=1S/C15H28N2O/c16-11-14(12-5-1-2-6-12)17-9-10-18-15-8-4-3-7-13(15)17/h12-15H,1-11,16H2. The summed E-state index contributed by atoms with van der Waals surface area (Å²) in [4.78, 5) is 2.74. The molecule has 104 valence electrons. The van der Waals surface area contributed by atoms with Crippen LogP contribution >= 0.6 is 0 Å². The fourth-order valence-electron chi connectivity index (χ4n) is 4.48. The third-order valence-corrected chi connectivity index (χ3v) is 5.39. The lowest BCUT2D eigenvalue weighted by molar-refractivity contribution is -0.108. The number of hydrogen-bond acceptors (Lipinski definition) is 3. The van der Waals surface area contributed by atoms with E-state index in [1.807, 2.05) is 0 Å². The number of fused-ring (bicyclic) bond motifs is 1. The maximum atomic E-state index is 6.12. The molecule has 3 heteroatoms. The van der Waals surface area contributed by atoms with Crippen LogP contribution in [0.1, 0.15) is 51.4 Å². The number of nitrogens with two attached hydrogens (primary N) is 1. The van der Waals surface area contributed by atoms with Crippen LogP contribution in [0.2, 0.25) is 0 Å². The van der Waals surface area contributed by atoms with Crippen LogP contribution in [0.4, 0.5) is 0 Å². The molecule has 0 radical (unpaired) electrons. The summed E-state index contributed by atoms with van der Waals surface area (Å²) in [6.07, 6.45) is 11.5. The molecule has 0 amide bonds. The highest BCUT2D eigenvalue weighted by atomic mass is 16.5. The lowest BCUT2D eigenvalue weighted by Gasteiger charge is -2.48. The van der Waals surface area contributed by atoms with E-state index in [-0.39, 0.29) is 0 Å². The summed E-state index contributed by atoms with van der Waals surface area (Å²) in [5.41, 5.74) is 6.12. The van der Waals surface area contributed by atoms with E-state index in [4.69, 9.17) is 10.5 Å². The number of ether oxygens (including phenoxy) is 1. The topological polar surface area (TPSA) is 38.5 Å². The first kappa shape index (κ1) is 12.9. The molecular weight excluding hydrogens is 224 g/mol. The van der Waals surface area contributed by atoms with Crippen molar-refractivity contribution < 1.29 is 4.74 Å². The van der Waals surface area contributed by atoms with Gasteiger partial charge in [0, 0.05) is 25.2 Å². The van der Waals surface area contributed by atoms with E-state index in [0.717, 1.165) is 25.6 Å². The summed E-state index contributed by atoms with van der Waals surface area (Å²) >= 11 is 0. The quantitative estimate of drug-likeness (QED) is 0.836. The van der Waals surface area contributed by atoms with Crippen molar-refractivity contribution in [2.45, 2.75) is 69.6 Å². The first-order chi connectivity index (χ1) is 8.90. The predicted octanol–water partition coefficient (Wildman–Crippen LogP) is 2.15. The molecule has 0 aromatic carbocycles. The minimum absolute atomic E-state index is 0.503. The van der Waals surface area contributed by atoms with Crippen LogP contribution in [0.5, 0.6) is 0 Å². The van der Waals surface area contributed by atoms with Gasteiger partial charge in [0.15, 0.2) is 0 Å². The summed E-state index contributed by atoms with van der Waals surface area (Å²) in [6.45, 7) is 2.87. The monoisotopic (exact) mass is 252 g/mol. The highest BCUT2D eigenvalue weighted by Gasteiger charge is 2.39. The molecule has 0 bridgehead atoms. The largest absolute Gasteiger partial charge is 0.375 e. The van der Waals surface area contributed by atoms with Gasteiger partial charge < -0.3 is 10.5 Å². The normalized spacial score (nSPS) is 36.5. The molecule has 3 aliphatic rings. The van der Waals surface area contributed by atoms with Crippen LogP contribution in [0.3, 0.4) is 0 Å². The molecule has 2 aliphatic carbocycles. The van der Waals surface area contributed by atoms with Gasteiger partial charge in [-0.05, 0) is 31.6 Å². The van der Waals surface area contributed by atoms with Gasteiger partial charge in [0.1, 0.15) is 0 Å². The molecular formula is C15H28N2O. The van der Waals surface area contributed by atoms with E-state index in [0.29, 0.717) is 18.2 Å². The molecule has 0 spiro atoms. The summed E-state index contributed by atoms with van der Waals surface area (Å²) in [5, 5.41) is 0. The smallest absolute Gasteiger partial charge is 0.0731 e. The van der Waals surface area contributed by atoms with Crippen LogP contribution in [0.15, 0.2) is 0 Å². The first-order valence-electron chi connectivity index (χ1n) is 7.97. The maximum absolute atomic E-state index is 6.12. The minimum Gasteiger partial charge on any atom is -0.375 e. The summed E-state index contributed by atoms with van der Waals surface area (Å²) < 4.78 is 5.99. The van der Waals surface area contributed by atoms with E-state index in [1.54, 1.807) is 0 Å². The molecule has 0 aromatic rings. The van der Waals surface area contributed by atoms with Gasteiger partial charge in [-0.3, -0.25) is 4.90 Å². The number of hydrogen-bond donors (Lipinski definition) is 1. The lowest BCUT2D eigenvalue weighted by Crippen LogP contribution is -2.59. The second-order valence-electron chi connectivity index (χ2n) is 6.35. The van der Waals surface area contributed by atoms with Crippen molar-refractivity contribution in [1.82, 2.24) is 4.90 Å². The Labute approximate surface area is 111 Å². The molecule has 1 saturated heterocycles. The average Bonchev–Trinajstić information content (AvgIpc) is 2.94. The lowest BCUT2D eigenvalue weighted by atomic mass is 9.86. The minimum atomic E-state index is 0.503. The molecule has 3 rings (SSSR count). The molecule has 0 aromatic heterocycles. The van der Waals surface area contributed by atoms with Crippen LogP contribution in [-0.2, 0) is 4.74 Å². The average molecular weight is 252 g/mol. The Bertz CT molecular complexity index is 263. The SMILES string of the molecule is NCC(C1CCCC1)N1CCOC2CCCCC21. The van der Waals surface area contributed by atoms with E-state index >= 15 is 0 Å². The van der Waals surface area contributed by atoms with Crippen LogP contribution in [0, 0.1) is 5.92 Å². The molecule has 1 aliphatic heterocycles. The van der Waals surface area contributed by atoms with E-state index in [1.165, 1.54) is 51.4 Å². The van der Waals surface area contributed by atoms with Gasteiger partial charge in [-0.1, -0.05) is 25.7 Å². The number of morpholine rings is 1. The van der Waals surface area contributed by atoms with Crippen molar-refractivity contribution in [1.29, 1.82) is 0 Å². The second-order valence-corrected chi connectivity index (χ2v) is 6.35. The highest BCUT2D eigenvalue weighted by Crippen LogP contribution is 2.35. The van der Waals surface area contributed by atoms with Gasteiger partial charge in [-0.15, -0.1) is 0 Å². The molecule has 3 atom stereocenters. The van der Waals surface area contributed by atoms with Gasteiger partial charge in [-0.25, -0.2) is 0 Å². The van der Waals surface area contributed by atoms with Crippen molar-refractivity contribution in [3.8, 4) is 0 Å². The van der Waals surface area contributed by atoms with E-state index < -0.39 is 0 Å². The molecule has 1 heterocycles. The summed E-state index contributed by atoms with van der Waals surface area (Å²) in [5.74, 6) is 0.857. The van der Waals surface area contributed by atoms with Crippen LogP contribution in [0.25, 0.3) is 0 Å². The molecule has 2 N–H and O–H groups in total. The maximum Gasteiger partial charge on any atom is 0.0731 e. The second kappa shape index (κ2) is 5.89. The van der Waals surface area contributed by atoms with Gasteiger partial charge >= 0.3 is 0 Å².